The summed E-state index contributed by atoms with van der Waals surface area (Å²) in [5, 5.41) is 4.62. The second-order valence-corrected chi connectivity index (χ2v) is 8.55. The second kappa shape index (κ2) is 9.03. The zero-order chi connectivity index (χ0) is 20.2. The topological polar surface area (TPSA) is 58.1 Å². The van der Waals surface area contributed by atoms with Crippen LogP contribution in [0, 0.1) is 6.92 Å². The number of likely N-dealkylation sites (tertiary alicyclic amines) is 1. The molecule has 1 aliphatic rings. The highest BCUT2D eigenvalue weighted by atomic mass is 35.5. The lowest BCUT2D eigenvalue weighted by Crippen LogP contribution is -2.36. The van der Waals surface area contributed by atoms with Crippen LogP contribution in [0.25, 0.3) is 10.7 Å². The number of nitrogens with one attached hydrogen (secondary N) is 1. The number of nitrogens with zero attached hydrogens (tertiary/aromatic N) is 3. The van der Waals surface area contributed by atoms with Crippen LogP contribution in [0.4, 0.5) is 0 Å². The third kappa shape index (κ3) is 4.50. The van der Waals surface area contributed by atoms with Crippen molar-refractivity contribution in [3.63, 3.8) is 0 Å². The first-order chi connectivity index (χ1) is 14.1. The van der Waals surface area contributed by atoms with Crippen molar-refractivity contribution < 1.29 is 4.79 Å². The molecule has 3 heterocycles. The van der Waals surface area contributed by atoms with E-state index in [4.69, 9.17) is 11.6 Å². The molecule has 3 aromatic rings. The number of aryl methyl sites for hydroxylation is 1. The van der Waals surface area contributed by atoms with Crippen LogP contribution in [0.1, 0.15) is 39.8 Å². The summed E-state index contributed by atoms with van der Waals surface area (Å²) in [5.41, 5.74) is 2.57. The van der Waals surface area contributed by atoms with E-state index in [2.05, 4.69) is 26.3 Å². The molecule has 1 atom stereocenters. The molecule has 2 aromatic heterocycles. The van der Waals surface area contributed by atoms with E-state index in [1.807, 2.05) is 43.3 Å². The zero-order valence-electron chi connectivity index (χ0n) is 16.3. The molecule has 0 aliphatic carbocycles. The van der Waals surface area contributed by atoms with Gasteiger partial charge in [0.1, 0.15) is 9.88 Å². The molecule has 150 valence electrons. The summed E-state index contributed by atoms with van der Waals surface area (Å²) in [6.07, 6.45) is 4.09. The summed E-state index contributed by atoms with van der Waals surface area (Å²) in [4.78, 5) is 24.8. The van der Waals surface area contributed by atoms with Gasteiger partial charge in [-0.2, -0.15) is 0 Å². The van der Waals surface area contributed by atoms with Crippen molar-refractivity contribution in [3.8, 4) is 10.7 Å². The Kier molecular flexibility index (Phi) is 6.23. The minimum atomic E-state index is -0.0987. The van der Waals surface area contributed by atoms with Gasteiger partial charge in [0.05, 0.1) is 17.4 Å². The molecule has 7 heteroatoms. The molecular weight excluding hydrogens is 404 g/mol. The molecule has 0 spiro atoms. The van der Waals surface area contributed by atoms with Crippen LogP contribution in [0.15, 0.2) is 48.7 Å². The van der Waals surface area contributed by atoms with E-state index in [0.29, 0.717) is 11.4 Å². The maximum Gasteiger partial charge on any atom is 0.263 e. The number of carbonyl (C=O) groups excluding carboxylic acids is 1. The first-order valence-corrected chi connectivity index (χ1v) is 11.0. The smallest absolute Gasteiger partial charge is 0.263 e. The van der Waals surface area contributed by atoms with Crippen molar-refractivity contribution in [1.29, 1.82) is 0 Å². The Morgan fingerprint density at radius 2 is 1.97 bits per heavy atom. The van der Waals surface area contributed by atoms with Crippen molar-refractivity contribution in [3.05, 3.63) is 69.8 Å². The summed E-state index contributed by atoms with van der Waals surface area (Å²) in [5.74, 6) is -0.0987. The quantitative estimate of drug-likeness (QED) is 0.618. The first kappa shape index (κ1) is 20.0. The van der Waals surface area contributed by atoms with Gasteiger partial charge in [0.2, 0.25) is 0 Å². The molecule has 5 nitrogen and oxygen atoms in total. The number of benzene rings is 1. The van der Waals surface area contributed by atoms with Crippen LogP contribution in [-0.2, 0) is 0 Å². The fraction of sp³-hybridized carbons (Fsp3) is 0.318. The van der Waals surface area contributed by atoms with Gasteiger partial charge in [-0.05, 0) is 56.6 Å². The molecule has 1 amide bonds. The van der Waals surface area contributed by atoms with Crippen LogP contribution < -0.4 is 5.32 Å². The Morgan fingerprint density at radius 3 is 2.69 bits per heavy atom. The fourth-order valence-electron chi connectivity index (χ4n) is 3.71. The van der Waals surface area contributed by atoms with Crippen molar-refractivity contribution in [2.45, 2.75) is 25.8 Å². The van der Waals surface area contributed by atoms with Crippen molar-refractivity contribution in [2.75, 3.05) is 19.6 Å². The number of halogens is 1. The normalized spacial score (nSPS) is 15.4. The number of carbonyl (C=O) groups is 1. The summed E-state index contributed by atoms with van der Waals surface area (Å²) in [6, 6.07) is 13.7. The van der Waals surface area contributed by atoms with E-state index in [1.54, 1.807) is 6.20 Å². The first-order valence-electron chi connectivity index (χ1n) is 9.79. The summed E-state index contributed by atoms with van der Waals surface area (Å²) in [7, 11) is 0. The van der Waals surface area contributed by atoms with Gasteiger partial charge in [0, 0.05) is 17.8 Å². The van der Waals surface area contributed by atoms with Gasteiger partial charge in [-0.1, -0.05) is 35.9 Å². The molecule has 29 heavy (non-hydrogen) atoms. The van der Waals surface area contributed by atoms with Crippen LogP contribution in [0.2, 0.25) is 5.02 Å². The molecule has 1 unspecified atom stereocenters. The van der Waals surface area contributed by atoms with Gasteiger partial charge in [-0.3, -0.25) is 14.7 Å². The lowest BCUT2D eigenvalue weighted by molar-refractivity contribution is 0.0941. The highest BCUT2D eigenvalue weighted by Crippen LogP contribution is 2.30. The van der Waals surface area contributed by atoms with Crippen LogP contribution in [-0.4, -0.2) is 40.4 Å². The largest absolute Gasteiger partial charge is 0.349 e. The minimum absolute atomic E-state index is 0.0682. The van der Waals surface area contributed by atoms with Crippen molar-refractivity contribution >= 4 is 28.8 Å². The number of amides is 1. The Morgan fingerprint density at radius 1 is 1.21 bits per heavy atom. The van der Waals surface area contributed by atoms with Crippen LogP contribution in [0.3, 0.4) is 0 Å². The standard InChI is InChI=1S/C22H23ClN4OS/c1-15-20(29-22(26-15)18-10-4-5-11-24-18)21(28)25-14-19(27-12-6-7-13-27)16-8-2-3-9-17(16)23/h2-5,8-11,19H,6-7,12-14H2,1H3,(H,25,28). The van der Waals surface area contributed by atoms with Gasteiger partial charge in [0.15, 0.2) is 0 Å². The maximum atomic E-state index is 12.9. The van der Waals surface area contributed by atoms with Gasteiger partial charge in [0.25, 0.3) is 5.91 Å². The van der Waals surface area contributed by atoms with E-state index in [1.165, 1.54) is 24.2 Å². The van der Waals surface area contributed by atoms with Crippen LogP contribution in [0.5, 0.6) is 0 Å². The second-order valence-electron chi connectivity index (χ2n) is 7.14. The molecule has 0 radical (unpaired) electrons. The lowest BCUT2D eigenvalue weighted by Gasteiger charge is -2.28. The van der Waals surface area contributed by atoms with Gasteiger partial charge < -0.3 is 5.32 Å². The van der Waals surface area contributed by atoms with E-state index in [9.17, 15) is 4.79 Å². The Hall–Kier alpha value is -2.28. The summed E-state index contributed by atoms with van der Waals surface area (Å²) < 4.78 is 0. The Bertz CT molecular complexity index is 985. The number of pyridine rings is 1. The molecule has 4 rings (SSSR count). The number of hydrogen-bond acceptors (Lipinski definition) is 5. The summed E-state index contributed by atoms with van der Waals surface area (Å²) in [6.45, 7) is 4.42. The van der Waals surface area contributed by atoms with E-state index < -0.39 is 0 Å². The zero-order valence-corrected chi connectivity index (χ0v) is 17.8. The molecule has 0 saturated carbocycles. The average Bonchev–Trinajstić information content (AvgIpc) is 3.40. The van der Waals surface area contributed by atoms with Crippen LogP contribution >= 0.6 is 22.9 Å². The maximum absolute atomic E-state index is 12.9. The third-order valence-corrected chi connectivity index (χ3v) is 6.71. The predicted octanol–water partition coefficient (Wildman–Crippen LogP) is 4.73. The SMILES string of the molecule is Cc1nc(-c2ccccn2)sc1C(=O)NCC(c1ccccc1Cl)N1CCCC1. The number of aromatic nitrogens is 2. The van der Waals surface area contributed by atoms with E-state index >= 15 is 0 Å². The molecular formula is C22H23ClN4OS. The molecule has 1 saturated heterocycles. The van der Waals surface area contributed by atoms with Gasteiger partial charge >= 0.3 is 0 Å². The molecule has 1 N–H and O–H groups in total. The third-order valence-electron chi connectivity index (χ3n) is 5.19. The van der Waals surface area contributed by atoms with E-state index in [0.717, 1.165) is 40.1 Å². The van der Waals surface area contributed by atoms with Gasteiger partial charge in [-0.15, -0.1) is 11.3 Å². The molecule has 1 fully saturated rings. The molecule has 1 aliphatic heterocycles. The monoisotopic (exact) mass is 426 g/mol. The number of rotatable bonds is 6. The summed E-state index contributed by atoms with van der Waals surface area (Å²) >= 11 is 7.85. The Labute approximate surface area is 179 Å². The number of hydrogen-bond donors (Lipinski definition) is 1. The minimum Gasteiger partial charge on any atom is -0.349 e. The molecule has 1 aromatic carbocycles. The lowest BCUT2D eigenvalue weighted by atomic mass is 10.1. The predicted molar refractivity (Wildman–Crippen MR) is 117 cm³/mol. The Balaban J connectivity index is 1.51. The van der Waals surface area contributed by atoms with Crippen molar-refractivity contribution in [1.82, 2.24) is 20.2 Å². The highest BCUT2D eigenvalue weighted by molar-refractivity contribution is 7.17. The van der Waals surface area contributed by atoms with E-state index in [-0.39, 0.29) is 11.9 Å². The van der Waals surface area contributed by atoms with Crippen molar-refractivity contribution in [2.24, 2.45) is 0 Å². The fourth-order valence-corrected chi connectivity index (χ4v) is 4.93. The average molecular weight is 427 g/mol. The molecule has 0 bridgehead atoms. The number of thiazole rings is 1. The van der Waals surface area contributed by atoms with Gasteiger partial charge in [-0.25, -0.2) is 4.98 Å². The highest BCUT2D eigenvalue weighted by Gasteiger charge is 2.26.